The molecular formula is C21H32N2O2. The lowest BCUT2D eigenvalue weighted by Gasteiger charge is -2.34. The average Bonchev–Trinajstić information content (AvgIpc) is 3.02. The van der Waals surface area contributed by atoms with Gasteiger partial charge >= 0.3 is 0 Å². The fourth-order valence-electron chi connectivity index (χ4n) is 4.15. The molecule has 2 heterocycles. The zero-order valence-corrected chi connectivity index (χ0v) is 15.8. The number of hydrogen-bond donors (Lipinski definition) is 1. The number of ether oxygens (including phenoxy) is 1. The van der Waals surface area contributed by atoms with Crippen LogP contribution in [-0.4, -0.2) is 48.7 Å². The van der Waals surface area contributed by atoms with Crippen molar-refractivity contribution in [1.82, 2.24) is 10.2 Å². The summed E-state index contributed by atoms with van der Waals surface area (Å²) in [4.78, 5) is 15.4. The SMILES string of the molecule is CC(C)[C@H](NC1CCOCC1)C(=O)N1C[C@@H](c2ccccc2)C[C@@H]1C. The van der Waals surface area contributed by atoms with E-state index in [1.165, 1.54) is 5.56 Å². The molecule has 0 bridgehead atoms. The maximum atomic E-state index is 13.3. The minimum Gasteiger partial charge on any atom is -0.381 e. The highest BCUT2D eigenvalue weighted by atomic mass is 16.5. The maximum absolute atomic E-state index is 13.3. The van der Waals surface area contributed by atoms with Crippen molar-refractivity contribution in [2.24, 2.45) is 5.92 Å². The van der Waals surface area contributed by atoms with Crippen LogP contribution in [0.1, 0.15) is 51.5 Å². The van der Waals surface area contributed by atoms with Gasteiger partial charge in [-0.25, -0.2) is 0 Å². The molecule has 0 aliphatic carbocycles. The van der Waals surface area contributed by atoms with E-state index >= 15 is 0 Å². The Kier molecular flexibility index (Phi) is 6.13. The predicted octanol–water partition coefficient (Wildman–Crippen LogP) is 3.18. The summed E-state index contributed by atoms with van der Waals surface area (Å²) in [7, 11) is 0. The monoisotopic (exact) mass is 344 g/mol. The molecule has 1 aromatic rings. The number of nitrogens with one attached hydrogen (secondary N) is 1. The molecule has 3 rings (SSSR count). The van der Waals surface area contributed by atoms with Crippen LogP contribution in [0.4, 0.5) is 0 Å². The second-order valence-electron chi connectivity index (χ2n) is 7.96. The highest BCUT2D eigenvalue weighted by Gasteiger charge is 2.37. The number of rotatable bonds is 5. The van der Waals surface area contributed by atoms with Gasteiger partial charge < -0.3 is 15.0 Å². The Balaban J connectivity index is 1.66. The summed E-state index contributed by atoms with van der Waals surface area (Å²) >= 11 is 0. The maximum Gasteiger partial charge on any atom is 0.240 e. The lowest BCUT2D eigenvalue weighted by atomic mass is 9.97. The van der Waals surface area contributed by atoms with Gasteiger partial charge in [0.05, 0.1) is 6.04 Å². The van der Waals surface area contributed by atoms with E-state index in [1.807, 2.05) is 0 Å². The first-order valence-corrected chi connectivity index (χ1v) is 9.75. The largest absolute Gasteiger partial charge is 0.381 e. The van der Waals surface area contributed by atoms with Gasteiger partial charge in [-0.05, 0) is 37.7 Å². The molecule has 138 valence electrons. The van der Waals surface area contributed by atoms with Crippen molar-refractivity contribution in [3.63, 3.8) is 0 Å². The average molecular weight is 344 g/mol. The van der Waals surface area contributed by atoms with Gasteiger partial charge in [-0.3, -0.25) is 4.79 Å². The normalized spacial score (nSPS) is 26.2. The first-order chi connectivity index (χ1) is 12.1. The van der Waals surface area contributed by atoms with Crippen LogP contribution >= 0.6 is 0 Å². The Morgan fingerprint density at radius 3 is 2.52 bits per heavy atom. The lowest BCUT2D eigenvalue weighted by Crippen LogP contribution is -2.54. The van der Waals surface area contributed by atoms with Gasteiger partial charge in [0.1, 0.15) is 0 Å². The Labute approximate surface area is 151 Å². The van der Waals surface area contributed by atoms with Crippen LogP contribution in [0, 0.1) is 5.92 Å². The molecule has 1 amide bonds. The van der Waals surface area contributed by atoms with Gasteiger partial charge in [-0.2, -0.15) is 0 Å². The Morgan fingerprint density at radius 2 is 1.88 bits per heavy atom. The van der Waals surface area contributed by atoms with Crippen LogP contribution in [0.15, 0.2) is 30.3 Å². The number of nitrogens with zero attached hydrogens (tertiary/aromatic N) is 1. The molecule has 25 heavy (non-hydrogen) atoms. The second-order valence-corrected chi connectivity index (χ2v) is 7.96. The van der Waals surface area contributed by atoms with Crippen molar-refractivity contribution >= 4 is 5.91 Å². The molecule has 2 aliphatic heterocycles. The highest BCUT2D eigenvalue weighted by Crippen LogP contribution is 2.32. The van der Waals surface area contributed by atoms with Crippen LogP contribution < -0.4 is 5.32 Å². The van der Waals surface area contributed by atoms with Gasteiger partial charge in [-0.15, -0.1) is 0 Å². The van der Waals surface area contributed by atoms with E-state index in [2.05, 4.69) is 61.3 Å². The molecule has 2 aliphatic rings. The summed E-state index contributed by atoms with van der Waals surface area (Å²) < 4.78 is 5.45. The summed E-state index contributed by atoms with van der Waals surface area (Å²) in [5.74, 6) is 1.02. The molecule has 0 unspecified atom stereocenters. The van der Waals surface area contributed by atoms with Crippen LogP contribution in [0.3, 0.4) is 0 Å². The number of benzene rings is 1. The minimum absolute atomic E-state index is 0.0972. The van der Waals surface area contributed by atoms with Gasteiger partial charge in [0, 0.05) is 37.8 Å². The van der Waals surface area contributed by atoms with E-state index in [0.29, 0.717) is 23.9 Å². The van der Waals surface area contributed by atoms with Crippen molar-refractivity contribution in [2.75, 3.05) is 19.8 Å². The summed E-state index contributed by atoms with van der Waals surface area (Å²) in [5, 5.41) is 3.64. The molecule has 2 fully saturated rings. The molecule has 1 aromatic carbocycles. The van der Waals surface area contributed by atoms with E-state index in [0.717, 1.165) is 39.0 Å². The third kappa shape index (κ3) is 4.42. The zero-order valence-electron chi connectivity index (χ0n) is 15.8. The molecule has 4 heteroatoms. The number of carbonyl (C=O) groups is 1. The fourth-order valence-corrected chi connectivity index (χ4v) is 4.15. The van der Waals surface area contributed by atoms with Crippen LogP contribution in [0.25, 0.3) is 0 Å². The summed E-state index contributed by atoms with van der Waals surface area (Å²) in [6, 6.07) is 11.2. The molecule has 0 aromatic heterocycles. The topological polar surface area (TPSA) is 41.6 Å². The van der Waals surface area contributed by atoms with E-state index in [9.17, 15) is 4.79 Å². The van der Waals surface area contributed by atoms with E-state index in [1.54, 1.807) is 0 Å². The third-order valence-electron chi connectivity index (χ3n) is 5.70. The van der Waals surface area contributed by atoms with E-state index in [-0.39, 0.29) is 11.9 Å². The molecule has 4 nitrogen and oxygen atoms in total. The van der Waals surface area contributed by atoms with E-state index < -0.39 is 0 Å². The molecule has 2 saturated heterocycles. The van der Waals surface area contributed by atoms with Crippen LogP contribution in [-0.2, 0) is 9.53 Å². The van der Waals surface area contributed by atoms with Crippen LogP contribution in [0.2, 0.25) is 0 Å². The van der Waals surface area contributed by atoms with Gasteiger partial charge in [0.15, 0.2) is 0 Å². The first kappa shape index (κ1) is 18.4. The zero-order chi connectivity index (χ0) is 17.8. The van der Waals surface area contributed by atoms with Crippen molar-refractivity contribution in [2.45, 2.75) is 64.1 Å². The molecular weight excluding hydrogens is 312 g/mol. The summed E-state index contributed by atoms with van der Waals surface area (Å²) in [6.45, 7) is 8.91. The van der Waals surface area contributed by atoms with Crippen molar-refractivity contribution in [3.8, 4) is 0 Å². The second kappa shape index (κ2) is 8.33. The van der Waals surface area contributed by atoms with Gasteiger partial charge in [0.25, 0.3) is 0 Å². The quantitative estimate of drug-likeness (QED) is 0.892. The number of amides is 1. The molecule has 0 radical (unpaired) electrons. The standard InChI is InChI=1S/C21H32N2O2/c1-15(2)20(22-19-9-11-25-12-10-19)21(24)23-14-18(13-16(23)3)17-7-5-4-6-8-17/h4-8,15-16,18-20,22H,9-14H2,1-3H3/t16-,18-,20-/m0/s1. The number of hydrogen-bond acceptors (Lipinski definition) is 3. The van der Waals surface area contributed by atoms with Gasteiger partial charge in [-0.1, -0.05) is 44.2 Å². The Bertz CT molecular complexity index is 554. The highest BCUT2D eigenvalue weighted by molar-refractivity contribution is 5.83. The van der Waals surface area contributed by atoms with Crippen molar-refractivity contribution in [3.05, 3.63) is 35.9 Å². The summed E-state index contributed by atoms with van der Waals surface area (Å²) in [5.41, 5.74) is 1.35. The van der Waals surface area contributed by atoms with Crippen molar-refractivity contribution < 1.29 is 9.53 Å². The molecule has 0 spiro atoms. The molecule has 1 N–H and O–H groups in total. The predicted molar refractivity (Wildman–Crippen MR) is 101 cm³/mol. The molecule has 0 saturated carbocycles. The Morgan fingerprint density at radius 1 is 1.20 bits per heavy atom. The van der Waals surface area contributed by atoms with E-state index in [4.69, 9.17) is 4.74 Å². The Hall–Kier alpha value is -1.39. The number of likely N-dealkylation sites (tertiary alicyclic amines) is 1. The minimum atomic E-state index is -0.0972. The summed E-state index contributed by atoms with van der Waals surface area (Å²) in [6.07, 6.45) is 3.05. The third-order valence-corrected chi connectivity index (χ3v) is 5.70. The van der Waals surface area contributed by atoms with Crippen LogP contribution in [0.5, 0.6) is 0 Å². The first-order valence-electron chi connectivity index (χ1n) is 9.75. The smallest absolute Gasteiger partial charge is 0.240 e. The molecule has 3 atom stereocenters. The van der Waals surface area contributed by atoms with Crippen molar-refractivity contribution in [1.29, 1.82) is 0 Å². The number of carbonyl (C=O) groups excluding carboxylic acids is 1. The fraction of sp³-hybridized carbons (Fsp3) is 0.667. The van der Waals surface area contributed by atoms with Gasteiger partial charge in [0.2, 0.25) is 5.91 Å². The lowest BCUT2D eigenvalue weighted by molar-refractivity contribution is -0.135.